The van der Waals surface area contributed by atoms with Crippen molar-refractivity contribution in [1.29, 1.82) is 0 Å². The van der Waals surface area contributed by atoms with Crippen molar-refractivity contribution in [3.05, 3.63) is 0 Å². The van der Waals surface area contributed by atoms with Crippen molar-refractivity contribution in [3.8, 4) is 0 Å². The molecular formula is C15H33N3O. The van der Waals surface area contributed by atoms with Crippen LogP contribution in [0.2, 0.25) is 0 Å². The van der Waals surface area contributed by atoms with E-state index in [0.29, 0.717) is 12.1 Å². The van der Waals surface area contributed by atoms with Crippen molar-refractivity contribution in [2.45, 2.75) is 57.7 Å². The molecule has 0 amide bonds. The molecule has 114 valence electrons. The average Bonchev–Trinajstić information content (AvgIpc) is 2.75. The van der Waals surface area contributed by atoms with Crippen molar-refractivity contribution in [2.75, 3.05) is 40.3 Å². The lowest BCUT2D eigenvalue weighted by atomic mass is 9.93. The number of aliphatic hydroxyl groups is 1. The van der Waals surface area contributed by atoms with Crippen LogP contribution in [0.3, 0.4) is 0 Å². The van der Waals surface area contributed by atoms with E-state index in [9.17, 15) is 5.11 Å². The summed E-state index contributed by atoms with van der Waals surface area (Å²) in [6.45, 7) is 9.93. The Morgan fingerprint density at radius 2 is 2.21 bits per heavy atom. The molecule has 1 aliphatic rings. The fourth-order valence-electron chi connectivity index (χ4n) is 3.15. The lowest BCUT2D eigenvalue weighted by Gasteiger charge is -2.36. The minimum Gasteiger partial charge on any atom is -0.394 e. The molecule has 3 unspecified atom stereocenters. The van der Waals surface area contributed by atoms with E-state index in [4.69, 9.17) is 0 Å². The van der Waals surface area contributed by atoms with Gasteiger partial charge in [0, 0.05) is 24.2 Å². The van der Waals surface area contributed by atoms with Crippen molar-refractivity contribution in [3.63, 3.8) is 0 Å². The molecule has 0 aromatic carbocycles. The normalized spacial score (nSPS) is 25.7. The summed E-state index contributed by atoms with van der Waals surface area (Å²) in [7, 11) is 4.44. The van der Waals surface area contributed by atoms with Gasteiger partial charge in [-0.1, -0.05) is 6.92 Å². The second-order valence-electron chi connectivity index (χ2n) is 6.52. The van der Waals surface area contributed by atoms with Crippen molar-refractivity contribution >= 4 is 0 Å². The monoisotopic (exact) mass is 271 g/mol. The van der Waals surface area contributed by atoms with Crippen LogP contribution < -0.4 is 5.32 Å². The topological polar surface area (TPSA) is 38.7 Å². The van der Waals surface area contributed by atoms with E-state index in [2.05, 4.69) is 50.0 Å². The van der Waals surface area contributed by atoms with Crippen LogP contribution >= 0.6 is 0 Å². The maximum absolute atomic E-state index is 9.58. The Balaban J connectivity index is 2.44. The predicted molar refractivity (Wildman–Crippen MR) is 81.5 cm³/mol. The summed E-state index contributed by atoms with van der Waals surface area (Å²) in [5.41, 5.74) is -0.163. The standard InChI is InChI=1S/C15H33N3O/c1-6-16-15(3,12-19)10-13(2)18(5)11-14-8-7-9-17(14)4/h13-14,16,19H,6-12H2,1-5H3. The summed E-state index contributed by atoms with van der Waals surface area (Å²) in [5, 5.41) is 13.0. The fraction of sp³-hybridized carbons (Fsp3) is 1.00. The molecule has 2 N–H and O–H groups in total. The van der Waals surface area contributed by atoms with Gasteiger partial charge in [0.15, 0.2) is 0 Å². The maximum atomic E-state index is 9.58. The first-order valence-electron chi connectivity index (χ1n) is 7.68. The third-order valence-electron chi connectivity index (χ3n) is 4.62. The zero-order valence-corrected chi connectivity index (χ0v) is 13.4. The first kappa shape index (κ1) is 16.9. The molecule has 0 saturated carbocycles. The van der Waals surface area contributed by atoms with Crippen LogP contribution in [0.25, 0.3) is 0 Å². The molecule has 4 nitrogen and oxygen atoms in total. The molecule has 0 aromatic rings. The van der Waals surface area contributed by atoms with Gasteiger partial charge in [-0.25, -0.2) is 0 Å². The molecule has 1 aliphatic heterocycles. The van der Waals surface area contributed by atoms with Crippen LogP contribution in [0.1, 0.15) is 40.0 Å². The minimum atomic E-state index is -0.163. The summed E-state index contributed by atoms with van der Waals surface area (Å²) in [4.78, 5) is 4.91. The molecule has 0 radical (unpaired) electrons. The Kier molecular flexibility index (Phi) is 6.74. The highest BCUT2D eigenvalue weighted by molar-refractivity contribution is 4.88. The fourth-order valence-corrected chi connectivity index (χ4v) is 3.15. The van der Waals surface area contributed by atoms with Crippen LogP contribution in [0, 0.1) is 0 Å². The predicted octanol–water partition coefficient (Wildman–Crippen LogP) is 1.15. The Morgan fingerprint density at radius 1 is 1.53 bits per heavy atom. The maximum Gasteiger partial charge on any atom is 0.0611 e. The second-order valence-corrected chi connectivity index (χ2v) is 6.52. The molecule has 1 heterocycles. The quantitative estimate of drug-likeness (QED) is 0.695. The zero-order chi connectivity index (χ0) is 14.5. The average molecular weight is 271 g/mol. The van der Waals surface area contributed by atoms with Gasteiger partial charge in [-0.05, 0) is 60.3 Å². The SMILES string of the molecule is CCNC(C)(CO)CC(C)N(C)CC1CCCN1C. The molecular weight excluding hydrogens is 238 g/mol. The number of hydrogen-bond donors (Lipinski definition) is 2. The second kappa shape index (κ2) is 7.58. The minimum absolute atomic E-state index is 0.163. The van der Waals surface area contributed by atoms with E-state index >= 15 is 0 Å². The van der Waals surface area contributed by atoms with Crippen LogP contribution in [0.5, 0.6) is 0 Å². The van der Waals surface area contributed by atoms with E-state index in [-0.39, 0.29) is 12.1 Å². The Bertz CT molecular complexity index is 262. The summed E-state index contributed by atoms with van der Waals surface area (Å²) < 4.78 is 0. The smallest absolute Gasteiger partial charge is 0.0611 e. The van der Waals surface area contributed by atoms with Gasteiger partial charge in [0.05, 0.1) is 6.61 Å². The van der Waals surface area contributed by atoms with Gasteiger partial charge in [-0.2, -0.15) is 0 Å². The van der Waals surface area contributed by atoms with Gasteiger partial charge in [-0.15, -0.1) is 0 Å². The third-order valence-corrected chi connectivity index (χ3v) is 4.62. The molecule has 0 spiro atoms. The largest absolute Gasteiger partial charge is 0.394 e. The number of likely N-dealkylation sites (N-methyl/N-ethyl adjacent to an activating group) is 3. The summed E-state index contributed by atoms with van der Waals surface area (Å²) in [6.07, 6.45) is 3.62. The Hall–Kier alpha value is -0.160. The van der Waals surface area contributed by atoms with Gasteiger partial charge >= 0.3 is 0 Å². The molecule has 19 heavy (non-hydrogen) atoms. The molecule has 4 heteroatoms. The Morgan fingerprint density at radius 3 is 2.68 bits per heavy atom. The van der Waals surface area contributed by atoms with Crippen LogP contribution in [-0.4, -0.2) is 72.9 Å². The van der Waals surface area contributed by atoms with Gasteiger partial charge in [0.1, 0.15) is 0 Å². The molecule has 1 fully saturated rings. The molecule has 1 rings (SSSR count). The highest BCUT2D eigenvalue weighted by Gasteiger charge is 2.28. The van der Waals surface area contributed by atoms with Gasteiger partial charge in [-0.3, -0.25) is 0 Å². The lowest BCUT2D eigenvalue weighted by Crippen LogP contribution is -2.51. The highest BCUT2D eigenvalue weighted by Crippen LogP contribution is 2.19. The van der Waals surface area contributed by atoms with Crippen molar-refractivity contribution in [2.24, 2.45) is 0 Å². The molecule has 3 atom stereocenters. The van der Waals surface area contributed by atoms with E-state index in [1.54, 1.807) is 0 Å². The van der Waals surface area contributed by atoms with E-state index < -0.39 is 0 Å². The van der Waals surface area contributed by atoms with Gasteiger partial charge in [0.2, 0.25) is 0 Å². The molecule has 0 aromatic heterocycles. The summed E-state index contributed by atoms with van der Waals surface area (Å²) in [6, 6.07) is 1.18. The van der Waals surface area contributed by atoms with Gasteiger partial charge in [0.25, 0.3) is 0 Å². The zero-order valence-electron chi connectivity index (χ0n) is 13.4. The van der Waals surface area contributed by atoms with Crippen LogP contribution in [0.4, 0.5) is 0 Å². The molecule has 0 bridgehead atoms. The first-order chi connectivity index (χ1) is 8.91. The number of rotatable bonds is 8. The highest BCUT2D eigenvalue weighted by atomic mass is 16.3. The van der Waals surface area contributed by atoms with Crippen molar-refractivity contribution < 1.29 is 5.11 Å². The Labute approximate surface area is 119 Å². The number of likely N-dealkylation sites (tertiary alicyclic amines) is 1. The summed E-state index contributed by atoms with van der Waals surface area (Å²) in [5.74, 6) is 0. The van der Waals surface area contributed by atoms with Crippen LogP contribution in [-0.2, 0) is 0 Å². The molecule has 1 saturated heterocycles. The lowest BCUT2D eigenvalue weighted by molar-refractivity contribution is 0.115. The van der Waals surface area contributed by atoms with E-state index in [0.717, 1.165) is 19.5 Å². The number of aliphatic hydroxyl groups excluding tert-OH is 1. The van der Waals surface area contributed by atoms with E-state index in [1.807, 2.05) is 0 Å². The summed E-state index contributed by atoms with van der Waals surface area (Å²) >= 11 is 0. The number of hydrogen-bond acceptors (Lipinski definition) is 4. The number of nitrogens with one attached hydrogen (secondary N) is 1. The van der Waals surface area contributed by atoms with Gasteiger partial charge < -0.3 is 20.2 Å². The van der Waals surface area contributed by atoms with Crippen molar-refractivity contribution in [1.82, 2.24) is 15.1 Å². The van der Waals surface area contributed by atoms with Crippen LogP contribution in [0.15, 0.2) is 0 Å². The third kappa shape index (κ3) is 5.03. The molecule has 0 aliphatic carbocycles. The number of nitrogens with zero attached hydrogens (tertiary/aromatic N) is 2. The van der Waals surface area contributed by atoms with E-state index in [1.165, 1.54) is 19.4 Å². The first-order valence-corrected chi connectivity index (χ1v) is 7.68.